The Labute approximate surface area is 628 Å². The van der Waals surface area contributed by atoms with Crippen LogP contribution < -0.4 is 48.7 Å². The molecule has 7 atom stereocenters. The lowest BCUT2D eigenvalue weighted by molar-refractivity contribution is -0.128. The third-order valence-corrected chi connectivity index (χ3v) is 17.2. The fourth-order valence-corrected chi connectivity index (χ4v) is 11.0. The molecule has 0 aliphatic carbocycles. The van der Waals surface area contributed by atoms with Crippen molar-refractivity contribution in [2.75, 3.05) is 52.4 Å². The van der Waals surface area contributed by atoms with E-state index < -0.39 is 11.2 Å². The molecule has 0 bridgehead atoms. The molecule has 21 heteroatoms. The summed E-state index contributed by atoms with van der Waals surface area (Å²) >= 11 is 0. The maximum absolute atomic E-state index is 12.0. The van der Waals surface area contributed by atoms with Crippen molar-refractivity contribution >= 4 is 41.4 Å². The van der Waals surface area contributed by atoms with Gasteiger partial charge in [0.2, 0.25) is 41.4 Å². The van der Waals surface area contributed by atoms with Crippen LogP contribution in [0.3, 0.4) is 0 Å². The topological polar surface area (TPSA) is 342 Å². The second-order valence-electron chi connectivity index (χ2n) is 30.8. The Morgan fingerprint density at radius 3 is 0.718 bits per heavy atom. The van der Waals surface area contributed by atoms with Crippen LogP contribution in [0.25, 0.3) is 0 Å². The Morgan fingerprint density at radius 2 is 0.553 bits per heavy atom. The summed E-state index contributed by atoms with van der Waals surface area (Å²) in [6, 6.07) is 11.5. The molecule has 14 N–H and O–H groups in total. The van der Waals surface area contributed by atoms with Crippen LogP contribution in [-0.2, 0) is 46.7 Å². The summed E-state index contributed by atoms with van der Waals surface area (Å²) in [6.45, 7) is 54.8. The van der Waals surface area contributed by atoms with E-state index in [2.05, 4.69) is 193 Å². The molecule has 103 heavy (non-hydrogen) atoms. The van der Waals surface area contributed by atoms with Gasteiger partial charge in [-0.3, -0.25) is 43.5 Å². The van der Waals surface area contributed by atoms with Gasteiger partial charge in [-0.25, -0.2) is 0 Å². The summed E-state index contributed by atoms with van der Waals surface area (Å²) in [4.78, 5) is 90.6. The number of carbonyl (C=O) groups excluding carboxylic acids is 7. The molecule has 0 aliphatic rings. The highest BCUT2D eigenvalue weighted by Gasteiger charge is 2.27. The predicted molar refractivity (Wildman–Crippen MR) is 428 cm³/mol. The maximum atomic E-state index is 12.0. The molecule has 0 unspecified atom stereocenters. The molecule has 0 aliphatic heterocycles. The van der Waals surface area contributed by atoms with Gasteiger partial charge in [0.25, 0.3) is 0 Å². The van der Waals surface area contributed by atoms with Gasteiger partial charge in [-0.1, -0.05) is 202 Å². The van der Waals surface area contributed by atoms with Crippen molar-refractivity contribution < 1.29 is 48.9 Å². The van der Waals surface area contributed by atoms with Gasteiger partial charge in [0, 0.05) is 99.6 Å². The molecular weight excluding hydrogens is 1300 g/mol. The molecule has 21 nitrogen and oxygen atoms in total. The van der Waals surface area contributed by atoms with Crippen molar-refractivity contribution in [2.24, 2.45) is 94.3 Å². The van der Waals surface area contributed by atoms with Crippen molar-refractivity contribution in [3.05, 3.63) is 60.2 Å². The number of hydrogen-bond acceptors (Lipinski definition) is 14. The van der Waals surface area contributed by atoms with Gasteiger partial charge in [-0.05, 0) is 138 Å². The molecule has 0 radical (unpaired) electrons. The van der Waals surface area contributed by atoms with Gasteiger partial charge in [-0.15, -0.1) is 0 Å². The number of nitrogens with one attached hydrogen (secondary N) is 7. The molecule has 7 amide bonds. The van der Waals surface area contributed by atoms with Crippen molar-refractivity contribution in [1.29, 1.82) is 0 Å². The third kappa shape index (κ3) is 58.3. The Morgan fingerprint density at radius 1 is 0.350 bits per heavy atom. The standard InChI is InChI=1S/2C14H22N2O.2C12H25NO2.2C10H22N2O.C10H21NO2/c2*1-4-7-13(11(2)3)14(17)16-10-12-8-5-6-9-15-12;2*1-6-7-10(9(2)3)11(14)13-8-12(4,5)15;2*1-4-5-9(8(2)3)10(13)12-7-6-11;1-4-5-9(8(2)3)10(13)11-6-7-12/h2*5-6,8-9,11,13H,4,7,10H2,1-3H3,(H,16,17);2*9-10,15H,6-8H2,1-5H3,(H,13,14);2*8-9H,4-7,11H2,1-3H3,(H,12,13);8-9,12H,4-7H2,1-3H3,(H,11,13)/t2*13-;2*10-;3*9-/m1010100/s1. The molecule has 0 fully saturated rings. The predicted octanol–water partition coefficient (Wildman–Crippen LogP) is 12.9. The van der Waals surface area contributed by atoms with Crippen LogP contribution in [-0.4, -0.2) is 130 Å². The maximum Gasteiger partial charge on any atom is 0.223 e. The largest absolute Gasteiger partial charge is 0.395 e. The fourth-order valence-electron chi connectivity index (χ4n) is 11.0. The lowest BCUT2D eigenvalue weighted by atomic mass is 9.90. The first-order chi connectivity index (χ1) is 48.2. The number of nitrogens with two attached hydrogens (primary N) is 2. The minimum absolute atomic E-state index is 0.0165. The van der Waals surface area contributed by atoms with Crippen molar-refractivity contribution in [3.8, 4) is 0 Å². The van der Waals surface area contributed by atoms with Crippen LogP contribution in [0.5, 0.6) is 0 Å². The first-order valence-electron chi connectivity index (χ1n) is 39.4. The van der Waals surface area contributed by atoms with Gasteiger partial charge >= 0.3 is 0 Å². The summed E-state index contributed by atoms with van der Waals surface area (Å²) in [5.74, 6) is 4.25. The SMILES string of the molecule is CCC[C@@H](C(=O)NCC(C)(C)O)C(C)C.CCC[C@@H](C(=O)NCCN)C(C)C.CCC[C@@H](C(=O)NCc1ccccn1)C(C)C.CCC[C@H](C(=O)NCC(C)(C)O)C(C)C.CCC[C@H](C(=O)NCCN)C(C)C.CCC[C@H](C(=O)NCCO)C(C)C.CCC[C@H](C(=O)NCc1ccccn1)C(C)C. The fraction of sp³-hybridized carbons (Fsp3) is 0.793. The Hall–Kier alpha value is -5.61. The normalized spacial score (nSPS) is 13.1. The Balaban J connectivity index is -0.000000364. The van der Waals surface area contributed by atoms with E-state index in [1.807, 2.05) is 36.4 Å². The number of hydrogen-bond donors (Lipinski definition) is 12. The van der Waals surface area contributed by atoms with Gasteiger partial charge in [-0.2, -0.15) is 0 Å². The van der Waals surface area contributed by atoms with Gasteiger partial charge in [0.15, 0.2) is 0 Å². The lowest BCUT2D eigenvalue weighted by Gasteiger charge is -2.23. The minimum atomic E-state index is -0.830. The average molecular weight is 1460 g/mol. The number of aliphatic hydroxyl groups excluding tert-OH is 1. The summed E-state index contributed by atoms with van der Waals surface area (Å²) in [5.41, 5.74) is 10.8. The van der Waals surface area contributed by atoms with Crippen molar-refractivity contribution in [3.63, 3.8) is 0 Å². The number of aromatic nitrogens is 2. The van der Waals surface area contributed by atoms with Crippen LogP contribution in [0.2, 0.25) is 0 Å². The highest BCUT2D eigenvalue weighted by molar-refractivity contribution is 5.81. The zero-order valence-corrected chi connectivity index (χ0v) is 69.9. The molecule has 2 rings (SSSR count). The van der Waals surface area contributed by atoms with E-state index in [1.165, 1.54) is 0 Å². The van der Waals surface area contributed by atoms with E-state index in [0.29, 0.717) is 100 Å². The van der Waals surface area contributed by atoms with Gasteiger partial charge < -0.3 is 64.0 Å². The van der Waals surface area contributed by atoms with E-state index in [-0.39, 0.29) is 89.4 Å². The van der Waals surface area contributed by atoms with Crippen LogP contribution >= 0.6 is 0 Å². The van der Waals surface area contributed by atoms with Crippen LogP contribution in [0.1, 0.15) is 274 Å². The monoisotopic (exact) mass is 1460 g/mol. The molecule has 2 aromatic rings. The zero-order valence-electron chi connectivity index (χ0n) is 69.9. The molecule has 0 spiro atoms. The molecule has 0 aromatic carbocycles. The van der Waals surface area contributed by atoms with Crippen molar-refractivity contribution in [2.45, 2.75) is 287 Å². The lowest BCUT2D eigenvalue weighted by Crippen LogP contribution is -2.42. The quantitative estimate of drug-likeness (QED) is 0.0294. The number of nitrogens with zero attached hydrogens (tertiary/aromatic N) is 2. The van der Waals surface area contributed by atoms with Crippen LogP contribution in [0, 0.1) is 82.9 Å². The molecule has 602 valence electrons. The number of rotatable bonds is 42. The number of carbonyl (C=O) groups is 7. The van der Waals surface area contributed by atoms with E-state index in [1.54, 1.807) is 40.1 Å². The first-order valence-corrected chi connectivity index (χ1v) is 39.4. The van der Waals surface area contributed by atoms with Crippen LogP contribution in [0.15, 0.2) is 48.8 Å². The summed E-state index contributed by atoms with van der Waals surface area (Å²) < 4.78 is 0. The van der Waals surface area contributed by atoms with Gasteiger partial charge in [0.05, 0.1) is 42.3 Å². The number of pyridine rings is 2. The van der Waals surface area contributed by atoms with E-state index >= 15 is 0 Å². The third-order valence-electron chi connectivity index (χ3n) is 17.2. The second kappa shape index (κ2) is 64.7. The summed E-state index contributed by atoms with van der Waals surface area (Å²) in [5, 5.41) is 47.5. The molecule has 0 saturated carbocycles. The smallest absolute Gasteiger partial charge is 0.223 e. The Kier molecular flexibility index (Phi) is 66.6. The molecular formula is C82H159N11O10. The van der Waals surface area contributed by atoms with E-state index in [9.17, 15) is 43.8 Å². The zero-order chi connectivity index (χ0) is 80.3. The van der Waals surface area contributed by atoms with E-state index in [4.69, 9.17) is 16.6 Å². The van der Waals surface area contributed by atoms with E-state index in [0.717, 1.165) is 101 Å². The summed E-state index contributed by atoms with van der Waals surface area (Å²) in [7, 11) is 0. The molecule has 0 saturated heterocycles. The number of aliphatic hydroxyl groups is 3. The molecule has 2 heterocycles. The Bertz CT molecular complexity index is 2210. The highest BCUT2D eigenvalue weighted by Crippen LogP contribution is 2.23. The molecule has 2 aromatic heterocycles. The van der Waals surface area contributed by atoms with Gasteiger partial charge in [0.1, 0.15) is 0 Å². The van der Waals surface area contributed by atoms with Crippen LogP contribution in [0.4, 0.5) is 0 Å². The minimum Gasteiger partial charge on any atom is -0.395 e. The second-order valence-corrected chi connectivity index (χ2v) is 30.8. The average Bonchev–Trinajstić information content (AvgIpc) is 0.947. The number of amides is 7. The highest BCUT2D eigenvalue weighted by atomic mass is 16.3. The summed E-state index contributed by atoms with van der Waals surface area (Å²) in [6.07, 6.45) is 17.3. The van der Waals surface area contributed by atoms with Crippen molar-refractivity contribution in [1.82, 2.24) is 47.2 Å². The first kappa shape index (κ1) is 106.